The Morgan fingerprint density at radius 3 is 2.79 bits per heavy atom. The van der Waals surface area contributed by atoms with Crippen molar-refractivity contribution in [3.8, 4) is 0 Å². The topological polar surface area (TPSA) is 12.0 Å². The van der Waals surface area contributed by atoms with E-state index < -0.39 is 0 Å². The lowest BCUT2D eigenvalue weighted by Crippen LogP contribution is -2.18. The first-order chi connectivity index (χ1) is 9.22. The minimum atomic E-state index is 0.767. The number of anilines is 1. The Bertz CT molecular complexity index is 500. The molecule has 19 heavy (non-hydrogen) atoms. The highest BCUT2D eigenvalue weighted by molar-refractivity contribution is 9.10. The Labute approximate surface area is 123 Å². The van der Waals surface area contributed by atoms with Crippen LogP contribution in [0.1, 0.15) is 19.8 Å². The molecule has 1 aromatic carbocycles. The van der Waals surface area contributed by atoms with E-state index in [2.05, 4.69) is 70.7 Å². The van der Waals surface area contributed by atoms with E-state index in [4.69, 9.17) is 0 Å². The molecule has 1 N–H and O–H groups in total. The summed E-state index contributed by atoms with van der Waals surface area (Å²) in [5, 5.41) is 3.55. The maximum Gasteiger partial charge on any atom is 0.0366 e. The second kappa shape index (κ2) is 5.54. The van der Waals surface area contributed by atoms with Crippen LogP contribution in [0.5, 0.6) is 0 Å². The molecule has 3 unspecified atom stereocenters. The van der Waals surface area contributed by atoms with Gasteiger partial charge in [0.15, 0.2) is 0 Å². The van der Waals surface area contributed by atoms with Crippen LogP contribution in [-0.4, -0.2) is 6.54 Å². The average Bonchev–Trinajstić information content (AvgIpc) is 2.79. The fourth-order valence-corrected chi connectivity index (χ4v) is 3.64. The van der Waals surface area contributed by atoms with Crippen LogP contribution in [0, 0.1) is 17.8 Å². The Morgan fingerprint density at radius 2 is 2.00 bits per heavy atom. The summed E-state index contributed by atoms with van der Waals surface area (Å²) < 4.78 is 1.13. The molecule has 2 aliphatic rings. The molecule has 1 aromatic rings. The lowest BCUT2D eigenvalue weighted by atomic mass is 9.85. The number of fused-ring (bicyclic) bond motifs is 1. The number of benzene rings is 1. The molecule has 3 rings (SSSR count). The molecule has 0 aromatic heterocycles. The van der Waals surface area contributed by atoms with Crippen molar-refractivity contribution in [3.05, 3.63) is 52.5 Å². The Kier molecular flexibility index (Phi) is 3.79. The van der Waals surface area contributed by atoms with Crippen molar-refractivity contribution >= 4 is 21.6 Å². The number of halogens is 1. The summed E-state index contributed by atoms with van der Waals surface area (Å²) in [7, 11) is 0. The van der Waals surface area contributed by atoms with E-state index in [0.717, 1.165) is 28.8 Å². The quantitative estimate of drug-likeness (QED) is 0.825. The van der Waals surface area contributed by atoms with Gasteiger partial charge in [-0.3, -0.25) is 0 Å². The maximum absolute atomic E-state index is 3.55. The van der Waals surface area contributed by atoms with Gasteiger partial charge in [0, 0.05) is 16.7 Å². The van der Waals surface area contributed by atoms with Gasteiger partial charge in [-0.1, -0.05) is 41.1 Å². The van der Waals surface area contributed by atoms with Crippen LogP contribution >= 0.6 is 15.9 Å². The molecule has 0 radical (unpaired) electrons. The van der Waals surface area contributed by atoms with Gasteiger partial charge >= 0.3 is 0 Å². The Balaban J connectivity index is 1.65. The van der Waals surface area contributed by atoms with E-state index in [9.17, 15) is 0 Å². The van der Waals surface area contributed by atoms with E-state index in [0.29, 0.717) is 0 Å². The molecule has 2 aliphatic carbocycles. The van der Waals surface area contributed by atoms with Crippen LogP contribution in [0.4, 0.5) is 5.69 Å². The van der Waals surface area contributed by atoms with Gasteiger partial charge in [0.25, 0.3) is 0 Å². The first-order valence-electron chi connectivity index (χ1n) is 7.09. The molecule has 1 nitrogen and oxygen atoms in total. The van der Waals surface area contributed by atoms with Crippen LogP contribution in [0.15, 0.2) is 52.5 Å². The fourth-order valence-electron chi connectivity index (χ4n) is 3.38. The van der Waals surface area contributed by atoms with Gasteiger partial charge in [-0.15, -0.1) is 0 Å². The molecule has 0 bridgehead atoms. The van der Waals surface area contributed by atoms with Crippen LogP contribution in [0.3, 0.4) is 0 Å². The van der Waals surface area contributed by atoms with Crippen molar-refractivity contribution in [2.24, 2.45) is 17.8 Å². The molecule has 3 atom stereocenters. The van der Waals surface area contributed by atoms with Gasteiger partial charge in [-0.25, -0.2) is 0 Å². The maximum atomic E-state index is 3.55. The lowest BCUT2D eigenvalue weighted by Gasteiger charge is -2.23. The van der Waals surface area contributed by atoms with Gasteiger partial charge in [0.1, 0.15) is 0 Å². The zero-order valence-electron chi connectivity index (χ0n) is 11.3. The number of hydrogen-bond acceptors (Lipinski definition) is 1. The number of nitrogens with one attached hydrogen (secondary N) is 1. The highest BCUT2D eigenvalue weighted by Crippen LogP contribution is 2.43. The highest BCUT2D eigenvalue weighted by atomic mass is 79.9. The molecular weight excluding hydrogens is 298 g/mol. The van der Waals surface area contributed by atoms with Gasteiger partial charge in [0.05, 0.1) is 0 Å². The predicted octanol–water partition coefficient (Wildman–Crippen LogP) is 5.02. The predicted molar refractivity (Wildman–Crippen MR) is 85.2 cm³/mol. The summed E-state index contributed by atoms with van der Waals surface area (Å²) in [5.74, 6) is 2.42. The molecule has 0 heterocycles. The molecule has 0 aliphatic heterocycles. The van der Waals surface area contributed by atoms with Gasteiger partial charge in [0.2, 0.25) is 0 Å². The SMILES string of the molecule is CC1CC2C=CC=C(CNc3ccc(Br)cc3)C2C1. The van der Waals surface area contributed by atoms with Crippen LogP contribution in [0.2, 0.25) is 0 Å². The van der Waals surface area contributed by atoms with Gasteiger partial charge in [-0.2, -0.15) is 0 Å². The van der Waals surface area contributed by atoms with Crippen molar-refractivity contribution in [3.63, 3.8) is 0 Å². The third-order valence-electron chi connectivity index (χ3n) is 4.33. The Hall–Kier alpha value is -1.02. The zero-order valence-corrected chi connectivity index (χ0v) is 12.9. The fraction of sp³-hybridized carbons (Fsp3) is 0.412. The molecule has 2 heteroatoms. The third-order valence-corrected chi connectivity index (χ3v) is 4.86. The largest absolute Gasteiger partial charge is 0.381 e. The lowest BCUT2D eigenvalue weighted by molar-refractivity contribution is 0.517. The number of hydrogen-bond donors (Lipinski definition) is 1. The Morgan fingerprint density at radius 1 is 1.21 bits per heavy atom. The van der Waals surface area contributed by atoms with E-state index in [1.807, 2.05) is 0 Å². The van der Waals surface area contributed by atoms with Crippen LogP contribution < -0.4 is 5.32 Å². The summed E-state index contributed by atoms with van der Waals surface area (Å²) in [6.45, 7) is 3.35. The zero-order chi connectivity index (χ0) is 13.2. The molecule has 1 saturated carbocycles. The summed E-state index contributed by atoms with van der Waals surface area (Å²) in [4.78, 5) is 0. The van der Waals surface area contributed by atoms with Crippen LogP contribution in [0.25, 0.3) is 0 Å². The normalized spacial score (nSPS) is 28.9. The number of rotatable bonds is 3. The van der Waals surface area contributed by atoms with Crippen molar-refractivity contribution in [1.29, 1.82) is 0 Å². The first kappa shape index (κ1) is 13.0. The van der Waals surface area contributed by atoms with Gasteiger partial charge in [-0.05, 0) is 60.4 Å². The van der Waals surface area contributed by atoms with E-state index in [1.54, 1.807) is 5.57 Å². The van der Waals surface area contributed by atoms with Crippen molar-refractivity contribution in [2.75, 3.05) is 11.9 Å². The summed E-state index contributed by atoms with van der Waals surface area (Å²) in [5.41, 5.74) is 2.76. The smallest absolute Gasteiger partial charge is 0.0366 e. The van der Waals surface area contributed by atoms with Crippen molar-refractivity contribution in [1.82, 2.24) is 0 Å². The summed E-state index contributed by atoms with van der Waals surface area (Å²) in [6, 6.07) is 8.41. The van der Waals surface area contributed by atoms with Gasteiger partial charge < -0.3 is 5.32 Å². The van der Waals surface area contributed by atoms with Crippen molar-refractivity contribution < 1.29 is 0 Å². The highest BCUT2D eigenvalue weighted by Gasteiger charge is 2.33. The minimum Gasteiger partial charge on any atom is -0.381 e. The van der Waals surface area contributed by atoms with Crippen LogP contribution in [-0.2, 0) is 0 Å². The summed E-state index contributed by atoms with van der Waals surface area (Å²) >= 11 is 3.47. The van der Waals surface area contributed by atoms with E-state index >= 15 is 0 Å². The molecular formula is C17H20BrN. The molecule has 0 amide bonds. The molecule has 0 saturated heterocycles. The number of allylic oxidation sites excluding steroid dienone is 3. The first-order valence-corrected chi connectivity index (χ1v) is 7.88. The monoisotopic (exact) mass is 317 g/mol. The second-order valence-corrected chi connectivity index (χ2v) is 6.75. The molecule has 100 valence electrons. The average molecular weight is 318 g/mol. The standard InChI is InChI=1S/C17H20BrN/c1-12-9-13-3-2-4-14(17(13)10-12)11-19-16-7-5-15(18)6-8-16/h2-8,12-13,17,19H,9-11H2,1H3. The minimum absolute atomic E-state index is 0.767. The van der Waals surface area contributed by atoms with Crippen molar-refractivity contribution in [2.45, 2.75) is 19.8 Å². The van der Waals surface area contributed by atoms with E-state index in [1.165, 1.54) is 18.5 Å². The molecule has 0 spiro atoms. The third kappa shape index (κ3) is 2.94. The summed E-state index contributed by atoms with van der Waals surface area (Å²) in [6.07, 6.45) is 9.67. The molecule has 1 fully saturated rings. The second-order valence-electron chi connectivity index (χ2n) is 5.83. The van der Waals surface area contributed by atoms with E-state index in [-0.39, 0.29) is 0 Å².